The van der Waals surface area contributed by atoms with E-state index in [4.69, 9.17) is 9.47 Å². The summed E-state index contributed by atoms with van der Waals surface area (Å²) in [7, 11) is 1.64. The molecule has 0 N–H and O–H groups in total. The fraction of sp³-hybridized carbons (Fsp3) is 0.667. The molecule has 2 bridgehead atoms. The predicted molar refractivity (Wildman–Crippen MR) is 42.5 cm³/mol. The van der Waals surface area contributed by atoms with Crippen molar-refractivity contribution in [1.82, 2.24) is 0 Å². The van der Waals surface area contributed by atoms with E-state index in [1.165, 1.54) is 0 Å². The summed E-state index contributed by atoms with van der Waals surface area (Å²) in [6.45, 7) is 1.62. The molecule has 2 aliphatic heterocycles. The van der Waals surface area contributed by atoms with Crippen molar-refractivity contribution in [3.63, 3.8) is 0 Å². The van der Waals surface area contributed by atoms with Gasteiger partial charge < -0.3 is 9.47 Å². The minimum absolute atomic E-state index is 0.0255. The molecule has 3 nitrogen and oxygen atoms in total. The summed E-state index contributed by atoms with van der Waals surface area (Å²) in [5.41, 5.74) is 0. The van der Waals surface area contributed by atoms with Gasteiger partial charge in [0.15, 0.2) is 0 Å². The van der Waals surface area contributed by atoms with Crippen LogP contribution in [0.3, 0.4) is 0 Å². The van der Waals surface area contributed by atoms with Crippen molar-refractivity contribution < 1.29 is 14.3 Å². The number of rotatable bonds is 2. The van der Waals surface area contributed by atoms with Gasteiger partial charge in [-0.3, -0.25) is 4.79 Å². The van der Waals surface area contributed by atoms with E-state index in [0.29, 0.717) is 0 Å². The second-order valence-corrected chi connectivity index (χ2v) is 3.32. The molecule has 2 heterocycles. The molecule has 0 radical (unpaired) electrons. The molecule has 0 aromatic rings. The highest BCUT2D eigenvalue weighted by atomic mass is 16.6. The van der Waals surface area contributed by atoms with Crippen molar-refractivity contribution in [2.24, 2.45) is 5.92 Å². The van der Waals surface area contributed by atoms with Crippen molar-refractivity contribution in [1.29, 1.82) is 0 Å². The average Bonchev–Trinajstić information content (AvgIpc) is 2.60. The molecule has 0 amide bonds. The van der Waals surface area contributed by atoms with Crippen LogP contribution >= 0.6 is 0 Å². The zero-order chi connectivity index (χ0) is 8.72. The lowest BCUT2D eigenvalue weighted by atomic mass is 9.90. The third-order valence-electron chi connectivity index (χ3n) is 2.59. The molecular weight excluding hydrogens is 156 g/mol. The lowest BCUT2D eigenvalue weighted by Crippen LogP contribution is -2.21. The minimum Gasteiger partial charge on any atom is -0.499 e. The number of hydrogen-bond acceptors (Lipinski definition) is 3. The molecule has 2 aliphatic rings. The number of ketones is 1. The molecule has 1 saturated heterocycles. The molecule has 0 aliphatic carbocycles. The fourth-order valence-corrected chi connectivity index (χ4v) is 1.91. The Morgan fingerprint density at radius 1 is 1.75 bits per heavy atom. The van der Waals surface area contributed by atoms with Gasteiger partial charge in [-0.25, -0.2) is 0 Å². The van der Waals surface area contributed by atoms with Gasteiger partial charge in [0.2, 0.25) is 0 Å². The Morgan fingerprint density at radius 2 is 2.50 bits per heavy atom. The number of ether oxygens (including phenoxy) is 2. The maximum Gasteiger partial charge on any atom is 0.135 e. The van der Waals surface area contributed by atoms with Gasteiger partial charge in [-0.1, -0.05) is 0 Å². The number of carbonyl (C=O) groups excluding carboxylic acids is 1. The van der Waals surface area contributed by atoms with Crippen LogP contribution in [0, 0.1) is 5.92 Å². The molecule has 2 rings (SSSR count). The zero-order valence-electron chi connectivity index (χ0n) is 7.24. The van der Waals surface area contributed by atoms with Crippen LogP contribution < -0.4 is 0 Å². The molecule has 3 heteroatoms. The Hall–Kier alpha value is -0.830. The minimum atomic E-state index is -0.0255. The van der Waals surface area contributed by atoms with Gasteiger partial charge in [0.25, 0.3) is 0 Å². The highest BCUT2D eigenvalue weighted by Crippen LogP contribution is 2.38. The monoisotopic (exact) mass is 168 g/mol. The second-order valence-electron chi connectivity index (χ2n) is 3.32. The molecule has 0 unspecified atom stereocenters. The summed E-state index contributed by atoms with van der Waals surface area (Å²) < 4.78 is 10.6. The molecule has 12 heavy (non-hydrogen) atoms. The Labute approximate surface area is 71.3 Å². The quantitative estimate of drug-likeness (QED) is 0.614. The smallest absolute Gasteiger partial charge is 0.135 e. The van der Waals surface area contributed by atoms with Gasteiger partial charge in [-0.05, 0) is 19.4 Å². The van der Waals surface area contributed by atoms with E-state index in [-0.39, 0.29) is 23.9 Å². The van der Waals surface area contributed by atoms with Crippen LogP contribution in [0.1, 0.15) is 13.3 Å². The van der Waals surface area contributed by atoms with E-state index < -0.39 is 0 Å². The Morgan fingerprint density at radius 3 is 2.92 bits per heavy atom. The first-order valence-corrected chi connectivity index (χ1v) is 4.14. The highest BCUT2D eigenvalue weighted by molar-refractivity contribution is 5.80. The molecule has 0 aromatic carbocycles. The molecule has 0 saturated carbocycles. The lowest BCUT2D eigenvalue weighted by molar-refractivity contribution is -0.121. The van der Waals surface area contributed by atoms with E-state index >= 15 is 0 Å². The molecular formula is C9H12O3. The van der Waals surface area contributed by atoms with Crippen LogP contribution in [0.5, 0.6) is 0 Å². The third-order valence-corrected chi connectivity index (χ3v) is 2.59. The van der Waals surface area contributed by atoms with E-state index in [0.717, 1.165) is 12.2 Å². The van der Waals surface area contributed by atoms with Crippen LogP contribution in [0.15, 0.2) is 11.8 Å². The number of carbonyl (C=O) groups is 1. The van der Waals surface area contributed by atoms with Crippen molar-refractivity contribution in [3.05, 3.63) is 11.8 Å². The largest absolute Gasteiger partial charge is 0.499 e. The van der Waals surface area contributed by atoms with Crippen LogP contribution in [0.2, 0.25) is 0 Å². The van der Waals surface area contributed by atoms with Gasteiger partial charge in [0.05, 0.1) is 19.1 Å². The van der Waals surface area contributed by atoms with Crippen LogP contribution in [0.25, 0.3) is 0 Å². The van der Waals surface area contributed by atoms with E-state index in [1.54, 1.807) is 14.0 Å². The summed E-state index contributed by atoms with van der Waals surface area (Å²) in [6, 6.07) is 0. The third kappa shape index (κ3) is 0.966. The maximum absolute atomic E-state index is 11.1. The van der Waals surface area contributed by atoms with Crippen molar-refractivity contribution in [2.45, 2.75) is 25.6 Å². The van der Waals surface area contributed by atoms with Gasteiger partial charge in [-0.15, -0.1) is 0 Å². The van der Waals surface area contributed by atoms with Crippen molar-refractivity contribution in [3.8, 4) is 0 Å². The lowest BCUT2D eigenvalue weighted by Gasteiger charge is -2.13. The van der Waals surface area contributed by atoms with E-state index in [1.807, 2.05) is 6.08 Å². The number of Topliss-reactive ketones (excluding diaryl/α,β-unsaturated/α-hetero) is 1. The van der Waals surface area contributed by atoms with E-state index in [9.17, 15) is 4.79 Å². The summed E-state index contributed by atoms with van der Waals surface area (Å²) >= 11 is 0. The first kappa shape index (κ1) is 7.80. The molecule has 66 valence electrons. The molecule has 1 fully saturated rings. The first-order valence-electron chi connectivity index (χ1n) is 4.14. The second kappa shape index (κ2) is 2.59. The average molecular weight is 168 g/mol. The van der Waals surface area contributed by atoms with Crippen LogP contribution in [-0.4, -0.2) is 25.1 Å². The highest BCUT2D eigenvalue weighted by Gasteiger charge is 2.44. The molecule has 0 aromatic heterocycles. The van der Waals surface area contributed by atoms with Gasteiger partial charge in [0.1, 0.15) is 17.6 Å². The zero-order valence-corrected chi connectivity index (χ0v) is 7.24. The van der Waals surface area contributed by atoms with E-state index in [2.05, 4.69) is 0 Å². The van der Waals surface area contributed by atoms with Crippen LogP contribution in [-0.2, 0) is 14.3 Å². The van der Waals surface area contributed by atoms with Gasteiger partial charge in [0, 0.05) is 0 Å². The summed E-state index contributed by atoms with van der Waals surface area (Å²) in [5, 5.41) is 0. The Bertz CT molecular complexity index is 244. The van der Waals surface area contributed by atoms with Crippen molar-refractivity contribution >= 4 is 5.78 Å². The normalized spacial score (nSPS) is 38.2. The summed E-state index contributed by atoms with van der Waals surface area (Å²) in [4.78, 5) is 11.1. The SMILES string of the molecule is COC1=C[C@H]2O[C@@H]1C[C@H]2C(C)=O. The topological polar surface area (TPSA) is 35.5 Å². The standard InChI is InChI=1S/C9H12O3/c1-5(10)6-3-9-8(11-2)4-7(6)12-9/h4,6-7,9H,3H2,1-2H3/t6-,7+,9+/m0/s1. The number of hydrogen-bond donors (Lipinski definition) is 0. The van der Waals surface area contributed by atoms with Gasteiger partial charge >= 0.3 is 0 Å². The summed E-state index contributed by atoms with van der Waals surface area (Å²) in [5.74, 6) is 1.17. The Balaban J connectivity index is 2.15. The Kier molecular flexibility index (Phi) is 1.68. The predicted octanol–water partition coefficient (Wildman–Crippen LogP) is 0.893. The molecule has 0 spiro atoms. The number of fused-ring (bicyclic) bond motifs is 2. The van der Waals surface area contributed by atoms with Crippen LogP contribution in [0.4, 0.5) is 0 Å². The summed E-state index contributed by atoms with van der Waals surface area (Å²) in [6.07, 6.45) is 2.72. The van der Waals surface area contributed by atoms with Crippen molar-refractivity contribution in [2.75, 3.05) is 7.11 Å². The fourth-order valence-electron chi connectivity index (χ4n) is 1.91. The molecule has 3 atom stereocenters. The number of methoxy groups -OCH3 is 1. The van der Waals surface area contributed by atoms with Gasteiger partial charge in [-0.2, -0.15) is 0 Å². The first-order chi connectivity index (χ1) is 5.72. The maximum atomic E-state index is 11.1.